The van der Waals surface area contributed by atoms with Gasteiger partial charge in [0, 0.05) is 45.4 Å². The van der Waals surface area contributed by atoms with Gasteiger partial charge in [0.1, 0.15) is 23.1 Å². The Labute approximate surface area is 283 Å². The van der Waals surface area contributed by atoms with Gasteiger partial charge in [-0.1, -0.05) is 26.0 Å². The molecule has 0 aliphatic carbocycles. The van der Waals surface area contributed by atoms with Crippen LogP contribution in [0.5, 0.6) is 0 Å². The number of hydrogen-bond donors (Lipinski definition) is 3. The molecule has 0 atom stereocenters. The van der Waals surface area contributed by atoms with E-state index in [0.29, 0.717) is 27.9 Å². The zero-order chi connectivity index (χ0) is 35.7. The van der Waals surface area contributed by atoms with Gasteiger partial charge in [-0.3, -0.25) is 14.2 Å². The third-order valence-corrected chi connectivity index (χ3v) is 8.29. The maximum atomic E-state index is 15.2. The van der Waals surface area contributed by atoms with Crippen LogP contribution in [0.15, 0.2) is 77.6 Å². The van der Waals surface area contributed by atoms with Crippen molar-refractivity contribution >= 4 is 28.6 Å². The lowest BCUT2D eigenvalue weighted by Gasteiger charge is -2.46. The number of halogens is 3. The lowest BCUT2D eigenvalue weighted by molar-refractivity contribution is 0.102. The molecule has 1 fully saturated rings. The number of para-hydroxylation sites is 1. The molecule has 1 aliphatic rings. The Balaban J connectivity index is 0.00000230. The van der Waals surface area contributed by atoms with Crippen LogP contribution in [0.3, 0.4) is 0 Å². The predicted octanol–water partition coefficient (Wildman–Crippen LogP) is 8.17. The number of rotatable bonds is 6. The second-order valence-electron chi connectivity index (χ2n) is 13.3. The number of benzene rings is 3. The Hall–Kier alpha value is -5.03. The van der Waals surface area contributed by atoms with Gasteiger partial charge in [-0.25, -0.2) is 18.2 Å². The summed E-state index contributed by atoms with van der Waals surface area (Å²) < 4.78 is 44.7. The number of aryl methyl sites for hydroxylation is 1. The zero-order valence-electron chi connectivity index (χ0n) is 28.7. The van der Waals surface area contributed by atoms with Crippen molar-refractivity contribution in [2.24, 2.45) is 0 Å². The summed E-state index contributed by atoms with van der Waals surface area (Å²) in [6.45, 7) is 14.3. The summed E-state index contributed by atoms with van der Waals surface area (Å²) in [7, 11) is 0. The van der Waals surface area contributed by atoms with Crippen molar-refractivity contribution < 1.29 is 18.0 Å². The fraction of sp³-hybridized carbons (Fsp3) is 0.316. The average Bonchev–Trinajstić information content (AvgIpc) is 3.02. The van der Waals surface area contributed by atoms with Crippen molar-refractivity contribution in [2.45, 2.75) is 78.4 Å². The summed E-state index contributed by atoms with van der Waals surface area (Å²) in [4.78, 5) is 36.2. The fourth-order valence-electron chi connectivity index (χ4n) is 6.67. The molecule has 1 saturated heterocycles. The van der Waals surface area contributed by atoms with Crippen molar-refractivity contribution in [2.75, 3.05) is 10.6 Å². The van der Waals surface area contributed by atoms with E-state index in [9.17, 15) is 14.0 Å². The molecule has 3 N–H and O–H groups in total. The highest BCUT2D eigenvalue weighted by Crippen LogP contribution is 2.34. The standard InChI is InChI=1S/C36H35F3N6O2.C2H6/c1-20-9-10-21(33(47)40-23-13-11-22(37)12-14-23)17-26(20)30-25-15-16-29(46)45(31-27(38)7-6-8-28(31)39)32(25)43-34(42-30)41-24-18-35(2,3)44-36(4,5)19-24;1-2/h6-17,24,44H,18-19H2,1-5H3,(H,40,47)(H,41,42,43);1-2H3. The Morgan fingerprint density at radius 3 is 2.14 bits per heavy atom. The van der Waals surface area contributed by atoms with E-state index in [2.05, 4.69) is 43.6 Å². The van der Waals surface area contributed by atoms with Crippen LogP contribution in [0.4, 0.5) is 24.8 Å². The molecule has 0 unspecified atom stereocenters. The number of carbonyl (C=O) groups excluding carboxylic acids is 1. The van der Waals surface area contributed by atoms with Crippen LogP contribution in [0, 0.1) is 24.4 Å². The summed E-state index contributed by atoms with van der Waals surface area (Å²) in [5, 5.41) is 10.2. The van der Waals surface area contributed by atoms with Crippen LogP contribution >= 0.6 is 0 Å². The molecule has 0 bridgehead atoms. The Morgan fingerprint density at radius 2 is 1.51 bits per heavy atom. The van der Waals surface area contributed by atoms with Crippen molar-refractivity contribution in [3.8, 4) is 16.9 Å². The monoisotopic (exact) mass is 670 g/mol. The molecular formula is C38H41F3N6O2. The molecule has 3 aromatic carbocycles. The van der Waals surface area contributed by atoms with E-state index >= 15 is 8.78 Å². The maximum Gasteiger partial charge on any atom is 0.256 e. The number of carbonyl (C=O) groups is 1. The first-order valence-corrected chi connectivity index (χ1v) is 16.3. The van der Waals surface area contributed by atoms with Gasteiger partial charge in [-0.2, -0.15) is 4.98 Å². The van der Waals surface area contributed by atoms with Crippen LogP contribution < -0.4 is 21.5 Å². The molecular weight excluding hydrogens is 629 g/mol. The van der Waals surface area contributed by atoms with E-state index in [4.69, 9.17) is 9.97 Å². The molecule has 8 nitrogen and oxygen atoms in total. The third kappa shape index (κ3) is 7.67. The van der Waals surface area contributed by atoms with E-state index in [0.717, 1.165) is 35.1 Å². The number of nitrogens with zero attached hydrogens (tertiary/aromatic N) is 3. The number of fused-ring (bicyclic) bond motifs is 1. The Morgan fingerprint density at radius 1 is 0.878 bits per heavy atom. The molecule has 2 aromatic heterocycles. The number of piperidine rings is 1. The maximum absolute atomic E-state index is 15.2. The second kappa shape index (κ2) is 13.8. The molecule has 256 valence electrons. The van der Waals surface area contributed by atoms with Crippen LogP contribution in [0.2, 0.25) is 0 Å². The molecule has 1 amide bonds. The number of anilines is 2. The SMILES string of the molecule is CC.Cc1ccc(C(=O)Nc2ccc(F)cc2)cc1-c1nc(NC2CC(C)(C)NC(C)(C)C2)nc2c1ccc(=O)n2-c1c(F)cccc1F. The molecule has 0 radical (unpaired) electrons. The highest BCUT2D eigenvalue weighted by atomic mass is 19.1. The molecule has 5 aromatic rings. The van der Waals surface area contributed by atoms with Crippen LogP contribution in [0.1, 0.15) is 70.3 Å². The fourth-order valence-corrected chi connectivity index (χ4v) is 6.67. The molecule has 49 heavy (non-hydrogen) atoms. The lowest BCUT2D eigenvalue weighted by atomic mass is 9.80. The Kier molecular flexibility index (Phi) is 9.96. The molecule has 3 heterocycles. The van der Waals surface area contributed by atoms with Gasteiger partial charge in [0.2, 0.25) is 5.95 Å². The van der Waals surface area contributed by atoms with E-state index < -0.39 is 34.6 Å². The summed E-state index contributed by atoms with van der Waals surface area (Å²) in [5.74, 6) is -2.54. The summed E-state index contributed by atoms with van der Waals surface area (Å²) in [6.07, 6.45) is 1.46. The minimum absolute atomic E-state index is 0.00187. The van der Waals surface area contributed by atoms with Gasteiger partial charge in [0.25, 0.3) is 11.5 Å². The molecule has 11 heteroatoms. The third-order valence-electron chi connectivity index (χ3n) is 8.29. The molecule has 1 aliphatic heterocycles. The number of hydrogen-bond acceptors (Lipinski definition) is 6. The minimum Gasteiger partial charge on any atom is -0.351 e. The van der Waals surface area contributed by atoms with Gasteiger partial charge in [-0.15, -0.1) is 0 Å². The molecule has 0 saturated carbocycles. The highest BCUT2D eigenvalue weighted by molar-refractivity contribution is 6.05. The first-order chi connectivity index (χ1) is 23.2. The normalized spacial score (nSPS) is 15.3. The van der Waals surface area contributed by atoms with Gasteiger partial charge in [-0.05, 0) is 108 Å². The topological polar surface area (TPSA) is 101 Å². The average molecular weight is 671 g/mol. The van der Waals surface area contributed by atoms with Crippen molar-refractivity contribution in [1.82, 2.24) is 19.9 Å². The number of nitrogens with one attached hydrogen (secondary N) is 3. The largest absolute Gasteiger partial charge is 0.351 e. The summed E-state index contributed by atoms with van der Waals surface area (Å²) >= 11 is 0. The quantitative estimate of drug-likeness (QED) is 0.169. The number of pyridine rings is 1. The smallest absolute Gasteiger partial charge is 0.256 e. The number of aromatic nitrogens is 3. The van der Waals surface area contributed by atoms with Gasteiger partial charge < -0.3 is 16.0 Å². The highest BCUT2D eigenvalue weighted by Gasteiger charge is 2.38. The van der Waals surface area contributed by atoms with Crippen LogP contribution in [-0.4, -0.2) is 37.6 Å². The van der Waals surface area contributed by atoms with Crippen LogP contribution in [0.25, 0.3) is 28.0 Å². The van der Waals surface area contributed by atoms with Gasteiger partial charge >= 0.3 is 0 Å². The van der Waals surface area contributed by atoms with Crippen LogP contribution in [-0.2, 0) is 0 Å². The van der Waals surface area contributed by atoms with Gasteiger partial charge in [0.05, 0.1) is 5.69 Å². The Bertz CT molecular complexity index is 2040. The van der Waals surface area contributed by atoms with E-state index in [1.807, 2.05) is 20.8 Å². The van der Waals surface area contributed by atoms with E-state index in [1.165, 1.54) is 42.5 Å². The first kappa shape index (κ1) is 35.3. The van der Waals surface area contributed by atoms with Gasteiger partial charge in [0.15, 0.2) is 5.65 Å². The molecule has 0 spiro atoms. The van der Waals surface area contributed by atoms with Crippen molar-refractivity contribution in [3.63, 3.8) is 0 Å². The predicted molar refractivity (Wildman–Crippen MR) is 189 cm³/mol. The minimum atomic E-state index is -0.924. The summed E-state index contributed by atoms with van der Waals surface area (Å²) in [6, 6.07) is 16.6. The summed E-state index contributed by atoms with van der Waals surface area (Å²) in [5.41, 5.74) is 0.753. The lowest BCUT2D eigenvalue weighted by Crippen LogP contribution is -2.60. The molecule has 6 rings (SSSR count). The number of amides is 1. The zero-order valence-corrected chi connectivity index (χ0v) is 28.7. The van der Waals surface area contributed by atoms with E-state index in [-0.39, 0.29) is 28.7 Å². The second-order valence-corrected chi connectivity index (χ2v) is 13.3. The first-order valence-electron chi connectivity index (χ1n) is 16.3. The van der Waals surface area contributed by atoms with Crippen molar-refractivity contribution in [1.29, 1.82) is 0 Å². The van der Waals surface area contributed by atoms with E-state index in [1.54, 1.807) is 18.2 Å². The van der Waals surface area contributed by atoms with Crippen molar-refractivity contribution in [3.05, 3.63) is 112 Å².